The predicted octanol–water partition coefficient (Wildman–Crippen LogP) is 3.97. The number of halogens is 1. The fourth-order valence-electron chi connectivity index (χ4n) is 3.01. The van der Waals surface area contributed by atoms with E-state index in [9.17, 15) is 9.59 Å². The number of Topliss-reactive ketones (excluding diaryl/α,β-unsaturated/α-hetero) is 1. The molecule has 4 heteroatoms. The third-order valence-electron chi connectivity index (χ3n) is 4.26. The second kappa shape index (κ2) is 7.23. The summed E-state index contributed by atoms with van der Waals surface area (Å²) in [5, 5.41) is 2.77. The second-order valence-corrected chi connectivity index (χ2v) is 6.49. The minimum Gasteiger partial charge on any atom is -0.352 e. The number of carbonyl (C=O) groups excluding carboxylic acids is 2. The van der Waals surface area contributed by atoms with Gasteiger partial charge in [0, 0.05) is 16.9 Å². The molecule has 1 unspecified atom stereocenters. The Morgan fingerprint density at radius 1 is 1.14 bits per heavy atom. The Balaban J connectivity index is 2.58. The zero-order valence-electron chi connectivity index (χ0n) is 13.3. The third-order valence-corrected chi connectivity index (χ3v) is 5.47. The lowest BCUT2D eigenvalue weighted by atomic mass is 9.90. The van der Waals surface area contributed by atoms with Crippen LogP contribution < -0.4 is 5.32 Å². The molecule has 118 valence electrons. The molecule has 2 rings (SSSR count). The van der Waals surface area contributed by atoms with Crippen LogP contribution in [-0.4, -0.2) is 23.1 Å². The Labute approximate surface area is 140 Å². The molecule has 0 aromatic heterocycles. The van der Waals surface area contributed by atoms with Crippen LogP contribution >= 0.6 is 15.9 Å². The van der Waals surface area contributed by atoms with Gasteiger partial charge in [-0.05, 0) is 24.0 Å². The van der Waals surface area contributed by atoms with Crippen LogP contribution in [0.5, 0.6) is 0 Å². The second-order valence-electron chi connectivity index (χ2n) is 5.50. The van der Waals surface area contributed by atoms with Crippen LogP contribution in [0.1, 0.15) is 49.5 Å². The van der Waals surface area contributed by atoms with E-state index in [0.717, 1.165) is 24.0 Å². The van der Waals surface area contributed by atoms with Gasteiger partial charge in [0.2, 0.25) is 0 Å². The van der Waals surface area contributed by atoms with Crippen molar-refractivity contribution in [3.63, 3.8) is 0 Å². The molecule has 0 fully saturated rings. The first kappa shape index (κ1) is 16.9. The number of ketones is 1. The highest BCUT2D eigenvalue weighted by molar-refractivity contribution is 9.09. The van der Waals surface area contributed by atoms with Crippen LogP contribution in [0.25, 0.3) is 5.57 Å². The fraction of sp³-hybridized carbons (Fsp3) is 0.444. The van der Waals surface area contributed by atoms with Crippen molar-refractivity contribution in [3.05, 3.63) is 41.0 Å². The van der Waals surface area contributed by atoms with Crippen LogP contribution in [0.15, 0.2) is 29.8 Å². The number of fused-ring (bicyclic) bond motifs is 1. The van der Waals surface area contributed by atoms with Crippen molar-refractivity contribution in [2.24, 2.45) is 5.92 Å². The number of nitrogens with one attached hydrogen (secondary N) is 1. The summed E-state index contributed by atoms with van der Waals surface area (Å²) in [4.78, 5) is 25.1. The summed E-state index contributed by atoms with van der Waals surface area (Å²) in [5.41, 5.74) is 2.67. The van der Waals surface area contributed by atoms with Gasteiger partial charge in [-0.3, -0.25) is 9.59 Å². The van der Waals surface area contributed by atoms with Crippen molar-refractivity contribution >= 4 is 33.2 Å². The molecule has 1 atom stereocenters. The van der Waals surface area contributed by atoms with Crippen LogP contribution in [-0.2, 0) is 4.79 Å². The maximum atomic E-state index is 12.7. The Hall–Kier alpha value is -1.42. The number of hydrogen-bond donors (Lipinski definition) is 1. The van der Waals surface area contributed by atoms with Crippen LogP contribution in [0.4, 0.5) is 0 Å². The van der Waals surface area contributed by atoms with Crippen molar-refractivity contribution in [1.29, 1.82) is 0 Å². The van der Waals surface area contributed by atoms with Gasteiger partial charge in [0.05, 0.1) is 5.57 Å². The quantitative estimate of drug-likeness (QED) is 0.613. The zero-order chi connectivity index (χ0) is 16.3. The standard InChI is InChI=1S/C18H22BrNO2/c1-4-11(5-2)16(19)14-12-9-7-8-10-13(12)17(21)15(14)18(22)20-6-3/h7-11,16H,4-6H2,1-3H3,(H,20,22). The fourth-order valence-corrected chi connectivity index (χ4v) is 4.23. The van der Waals surface area contributed by atoms with Gasteiger partial charge in [-0.15, -0.1) is 0 Å². The molecule has 1 aliphatic rings. The van der Waals surface area contributed by atoms with E-state index in [0.29, 0.717) is 23.6 Å². The maximum Gasteiger partial charge on any atom is 0.255 e. The van der Waals surface area contributed by atoms with E-state index >= 15 is 0 Å². The number of allylic oxidation sites excluding steroid dienone is 1. The molecule has 0 heterocycles. The lowest BCUT2D eigenvalue weighted by Gasteiger charge is -2.22. The number of likely N-dealkylation sites (N-methyl/N-ethyl adjacent to an activating group) is 1. The van der Waals surface area contributed by atoms with Gasteiger partial charge in [0.1, 0.15) is 0 Å². The van der Waals surface area contributed by atoms with E-state index in [-0.39, 0.29) is 16.5 Å². The summed E-state index contributed by atoms with van der Waals surface area (Å²) >= 11 is 3.76. The molecule has 1 N–H and O–H groups in total. The average molecular weight is 364 g/mol. The smallest absolute Gasteiger partial charge is 0.255 e. The zero-order valence-corrected chi connectivity index (χ0v) is 14.9. The number of hydrogen-bond acceptors (Lipinski definition) is 2. The van der Waals surface area contributed by atoms with Crippen molar-refractivity contribution < 1.29 is 9.59 Å². The molecule has 0 aliphatic heterocycles. The highest BCUT2D eigenvalue weighted by atomic mass is 79.9. The lowest BCUT2D eigenvalue weighted by Crippen LogP contribution is -2.28. The van der Waals surface area contributed by atoms with Crippen molar-refractivity contribution in [3.8, 4) is 0 Å². The minimum atomic E-state index is -0.269. The van der Waals surface area contributed by atoms with E-state index in [1.807, 2.05) is 25.1 Å². The Bertz CT molecular complexity index is 617. The first-order valence-corrected chi connectivity index (χ1v) is 8.78. The molecule has 1 aliphatic carbocycles. The average Bonchev–Trinajstić information content (AvgIpc) is 2.82. The molecule has 0 saturated carbocycles. The normalized spacial score (nSPS) is 15.2. The van der Waals surface area contributed by atoms with Gasteiger partial charge in [-0.1, -0.05) is 66.9 Å². The molecule has 22 heavy (non-hydrogen) atoms. The summed E-state index contributed by atoms with van der Waals surface area (Å²) in [6, 6.07) is 7.50. The van der Waals surface area contributed by atoms with E-state index in [1.54, 1.807) is 6.07 Å². The monoisotopic (exact) mass is 363 g/mol. The van der Waals surface area contributed by atoms with Crippen LogP contribution in [0.2, 0.25) is 0 Å². The highest BCUT2D eigenvalue weighted by Crippen LogP contribution is 2.41. The van der Waals surface area contributed by atoms with Crippen LogP contribution in [0, 0.1) is 5.92 Å². The molecule has 1 aromatic rings. The Morgan fingerprint density at radius 3 is 2.27 bits per heavy atom. The van der Waals surface area contributed by atoms with Crippen molar-refractivity contribution in [2.45, 2.75) is 38.4 Å². The van der Waals surface area contributed by atoms with Crippen molar-refractivity contribution in [1.82, 2.24) is 5.32 Å². The largest absolute Gasteiger partial charge is 0.352 e. The number of rotatable bonds is 6. The van der Waals surface area contributed by atoms with Gasteiger partial charge < -0.3 is 5.32 Å². The van der Waals surface area contributed by atoms with Gasteiger partial charge in [-0.2, -0.15) is 0 Å². The molecule has 0 radical (unpaired) electrons. The maximum absolute atomic E-state index is 12.7. The van der Waals surface area contributed by atoms with Crippen molar-refractivity contribution in [2.75, 3.05) is 6.54 Å². The predicted molar refractivity (Wildman–Crippen MR) is 93.2 cm³/mol. The first-order valence-electron chi connectivity index (χ1n) is 7.87. The summed E-state index contributed by atoms with van der Waals surface area (Å²) in [6.45, 7) is 6.64. The summed E-state index contributed by atoms with van der Waals surface area (Å²) in [6.07, 6.45) is 1.99. The van der Waals surface area contributed by atoms with E-state index in [1.165, 1.54) is 0 Å². The summed E-state index contributed by atoms with van der Waals surface area (Å²) in [5.74, 6) is -0.0422. The number of benzene rings is 1. The van der Waals surface area contributed by atoms with E-state index in [2.05, 4.69) is 35.1 Å². The van der Waals surface area contributed by atoms with Gasteiger partial charge >= 0.3 is 0 Å². The Kier molecular flexibility index (Phi) is 5.57. The third kappa shape index (κ3) is 2.89. The summed E-state index contributed by atoms with van der Waals surface area (Å²) < 4.78 is 0. The topological polar surface area (TPSA) is 46.2 Å². The molecular weight excluding hydrogens is 342 g/mol. The molecule has 0 saturated heterocycles. The van der Waals surface area contributed by atoms with Gasteiger partial charge in [-0.25, -0.2) is 0 Å². The first-order chi connectivity index (χ1) is 10.6. The highest BCUT2D eigenvalue weighted by Gasteiger charge is 2.37. The Morgan fingerprint density at radius 2 is 1.73 bits per heavy atom. The molecule has 3 nitrogen and oxygen atoms in total. The number of amides is 1. The molecule has 0 spiro atoms. The molecule has 0 bridgehead atoms. The van der Waals surface area contributed by atoms with Gasteiger partial charge in [0.25, 0.3) is 5.91 Å². The van der Waals surface area contributed by atoms with Crippen LogP contribution in [0.3, 0.4) is 0 Å². The molecule has 1 aromatic carbocycles. The minimum absolute atomic E-state index is 0.00714. The lowest BCUT2D eigenvalue weighted by molar-refractivity contribution is -0.117. The number of alkyl halides is 1. The number of carbonyl (C=O) groups is 2. The molecular formula is C18H22BrNO2. The van der Waals surface area contributed by atoms with E-state index < -0.39 is 0 Å². The molecule has 1 amide bonds. The van der Waals surface area contributed by atoms with E-state index in [4.69, 9.17) is 0 Å². The van der Waals surface area contributed by atoms with Gasteiger partial charge in [0.15, 0.2) is 5.78 Å². The SMILES string of the molecule is CCNC(=O)C1=C(C(Br)C(CC)CC)c2ccccc2C1=O. The summed E-state index contributed by atoms with van der Waals surface area (Å²) in [7, 11) is 0.